The van der Waals surface area contributed by atoms with Gasteiger partial charge in [-0.25, -0.2) is 0 Å². The molecule has 1 fully saturated rings. The van der Waals surface area contributed by atoms with Gasteiger partial charge >= 0.3 is 5.97 Å². The molecule has 1 amide bonds. The minimum atomic E-state index is -0.243. The van der Waals surface area contributed by atoms with Crippen molar-refractivity contribution >= 4 is 11.9 Å². The van der Waals surface area contributed by atoms with Crippen LogP contribution in [-0.4, -0.2) is 63.9 Å². The number of hydrogen-bond donors (Lipinski definition) is 0. The van der Waals surface area contributed by atoms with E-state index in [1.54, 1.807) is 12.0 Å². The van der Waals surface area contributed by atoms with Gasteiger partial charge < -0.3 is 19.1 Å². The average Bonchev–Trinajstić information content (AvgIpc) is 2.42. The molecule has 1 heterocycles. The molecule has 0 aromatic carbocycles. The largest absolute Gasteiger partial charge is 0.469 e. The number of methoxy groups -OCH3 is 2. The van der Waals surface area contributed by atoms with Crippen molar-refractivity contribution in [1.29, 1.82) is 0 Å². The summed E-state index contributed by atoms with van der Waals surface area (Å²) in [5.74, 6) is -0.529. The zero-order chi connectivity index (χ0) is 13.4. The van der Waals surface area contributed by atoms with Crippen molar-refractivity contribution in [3.63, 3.8) is 0 Å². The predicted octanol–water partition coefficient (Wildman–Crippen LogP) is 0.0610. The van der Waals surface area contributed by atoms with Gasteiger partial charge in [-0.2, -0.15) is 0 Å². The van der Waals surface area contributed by atoms with Gasteiger partial charge in [0.2, 0.25) is 5.91 Å². The molecule has 104 valence electrons. The molecule has 1 aliphatic heterocycles. The van der Waals surface area contributed by atoms with Crippen LogP contribution < -0.4 is 0 Å². The topological polar surface area (TPSA) is 65.1 Å². The third-order valence-electron chi connectivity index (χ3n) is 2.97. The Balaban J connectivity index is 2.31. The van der Waals surface area contributed by atoms with Gasteiger partial charge in [0, 0.05) is 20.2 Å². The highest BCUT2D eigenvalue weighted by Gasteiger charge is 2.28. The first-order valence-corrected chi connectivity index (χ1v) is 6.11. The average molecular weight is 259 g/mol. The van der Waals surface area contributed by atoms with E-state index in [0.717, 1.165) is 12.8 Å². The Bertz CT molecular complexity index is 282. The summed E-state index contributed by atoms with van der Waals surface area (Å²) < 4.78 is 14.7. The molecule has 0 radical (unpaired) electrons. The number of esters is 1. The van der Waals surface area contributed by atoms with Gasteiger partial charge in [-0.15, -0.1) is 0 Å². The van der Waals surface area contributed by atoms with E-state index in [1.165, 1.54) is 7.11 Å². The highest BCUT2D eigenvalue weighted by Crippen LogP contribution is 2.17. The maximum absolute atomic E-state index is 11.8. The lowest BCUT2D eigenvalue weighted by molar-refractivity contribution is -0.150. The molecule has 18 heavy (non-hydrogen) atoms. The number of amides is 1. The Morgan fingerprint density at radius 1 is 1.28 bits per heavy atom. The molecule has 0 N–H and O–H groups in total. The number of rotatable bonds is 6. The van der Waals surface area contributed by atoms with E-state index in [-0.39, 0.29) is 24.4 Å². The van der Waals surface area contributed by atoms with E-state index in [9.17, 15) is 9.59 Å². The molecule has 6 heteroatoms. The summed E-state index contributed by atoms with van der Waals surface area (Å²) >= 11 is 0. The number of ether oxygens (including phenoxy) is 3. The predicted molar refractivity (Wildman–Crippen MR) is 64.0 cm³/mol. The lowest BCUT2D eigenvalue weighted by Crippen LogP contribution is -2.44. The lowest BCUT2D eigenvalue weighted by Gasteiger charge is -2.31. The van der Waals surface area contributed by atoms with Crippen molar-refractivity contribution < 1.29 is 23.8 Å². The standard InChI is InChI=1S/C12H21NO5/c1-16-6-7-18-9-11(14)13-5-3-4-10(8-13)12(15)17-2/h10H,3-9H2,1-2H3. The van der Waals surface area contributed by atoms with Gasteiger partial charge in [0.05, 0.1) is 26.2 Å². The number of likely N-dealkylation sites (tertiary alicyclic amines) is 1. The molecule has 1 atom stereocenters. The molecule has 0 aromatic rings. The molecular formula is C12H21NO5. The van der Waals surface area contributed by atoms with Crippen LogP contribution in [0.25, 0.3) is 0 Å². The monoisotopic (exact) mass is 259 g/mol. The van der Waals surface area contributed by atoms with E-state index in [2.05, 4.69) is 0 Å². The molecular weight excluding hydrogens is 238 g/mol. The van der Waals surface area contributed by atoms with Crippen molar-refractivity contribution in [3.05, 3.63) is 0 Å². The fourth-order valence-corrected chi connectivity index (χ4v) is 1.96. The summed E-state index contributed by atoms with van der Waals surface area (Å²) in [5.41, 5.74) is 0. The number of carbonyl (C=O) groups excluding carboxylic acids is 2. The smallest absolute Gasteiger partial charge is 0.310 e. The Hall–Kier alpha value is -1.14. The fraction of sp³-hybridized carbons (Fsp3) is 0.833. The van der Waals surface area contributed by atoms with E-state index >= 15 is 0 Å². The molecule has 6 nitrogen and oxygen atoms in total. The Kier molecular flexibility index (Phi) is 6.67. The SMILES string of the molecule is COCCOCC(=O)N1CCCC(C(=O)OC)C1. The van der Waals surface area contributed by atoms with E-state index in [0.29, 0.717) is 26.3 Å². The molecule has 0 bridgehead atoms. The molecule has 1 aliphatic rings. The Morgan fingerprint density at radius 2 is 2.06 bits per heavy atom. The summed E-state index contributed by atoms with van der Waals surface area (Å²) in [5, 5.41) is 0. The van der Waals surface area contributed by atoms with Crippen LogP contribution in [-0.2, 0) is 23.8 Å². The van der Waals surface area contributed by atoms with Crippen LogP contribution in [0.2, 0.25) is 0 Å². The number of hydrogen-bond acceptors (Lipinski definition) is 5. The summed E-state index contributed by atoms with van der Waals surface area (Å²) in [6.07, 6.45) is 1.60. The molecule has 1 rings (SSSR count). The lowest BCUT2D eigenvalue weighted by atomic mass is 9.98. The summed E-state index contributed by atoms with van der Waals surface area (Å²) in [6.45, 7) is 2.02. The summed E-state index contributed by atoms with van der Waals surface area (Å²) in [4.78, 5) is 24.9. The van der Waals surface area contributed by atoms with E-state index < -0.39 is 0 Å². The molecule has 1 unspecified atom stereocenters. The van der Waals surface area contributed by atoms with E-state index in [4.69, 9.17) is 14.2 Å². The van der Waals surface area contributed by atoms with Gasteiger partial charge in [0.1, 0.15) is 6.61 Å². The van der Waals surface area contributed by atoms with Crippen LogP contribution >= 0.6 is 0 Å². The second kappa shape index (κ2) is 8.05. The second-order valence-electron chi connectivity index (χ2n) is 4.25. The molecule has 0 spiro atoms. The quantitative estimate of drug-likeness (QED) is 0.498. The number of carbonyl (C=O) groups is 2. The van der Waals surface area contributed by atoms with Crippen LogP contribution in [0.3, 0.4) is 0 Å². The first-order valence-electron chi connectivity index (χ1n) is 6.11. The molecule has 0 saturated carbocycles. The molecule has 0 aromatic heterocycles. The second-order valence-corrected chi connectivity index (χ2v) is 4.25. The first-order chi connectivity index (χ1) is 8.69. The zero-order valence-corrected chi connectivity index (χ0v) is 11.0. The normalized spacial score (nSPS) is 19.7. The van der Waals surface area contributed by atoms with Crippen molar-refractivity contribution in [3.8, 4) is 0 Å². The van der Waals surface area contributed by atoms with Gasteiger partial charge in [0.15, 0.2) is 0 Å². The summed E-state index contributed by atoms with van der Waals surface area (Å²) in [6, 6.07) is 0. The number of nitrogens with zero attached hydrogens (tertiary/aromatic N) is 1. The van der Waals surface area contributed by atoms with Crippen LogP contribution in [0.4, 0.5) is 0 Å². The van der Waals surface area contributed by atoms with Crippen molar-refractivity contribution in [2.45, 2.75) is 12.8 Å². The van der Waals surface area contributed by atoms with Crippen LogP contribution in [0.5, 0.6) is 0 Å². The van der Waals surface area contributed by atoms with Gasteiger partial charge in [0.25, 0.3) is 0 Å². The van der Waals surface area contributed by atoms with Crippen molar-refractivity contribution in [2.24, 2.45) is 5.92 Å². The zero-order valence-electron chi connectivity index (χ0n) is 11.0. The van der Waals surface area contributed by atoms with E-state index in [1.807, 2.05) is 0 Å². The third kappa shape index (κ3) is 4.62. The van der Waals surface area contributed by atoms with Crippen LogP contribution in [0.1, 0.15) is 12.8 Å². The van der Waals surface area contributed by atoms with Crippen LogP contribution in [0.15, 0.2) is 0 Å². The van der Waals surface area contributed by atoms with Gasteiger partial charge in [-0.1, -0.05) is 0 Å². The maximum Gasteiger partial charge on any atom is 0.310 e. The maximum atomic E-state index is 11.8. The highest BCUT2D eigenvalue weighted by molar-refractivity contribution is 5.79. The minimum absolute atomic E-state index is 0.0389. The molecule has 0 aliphatic carbocycles. The van der Waals surface area contributed by atoms with Gasteiger partial charge in [-0.05, 0) is 12.8 Å². The highest BCUT2D eigenvalue weighted by atomic mass is 16.5. The first kappa shape index (κ1) is 14.9. The van der Waals surface area contributed by atoms with Gasteiger partial charge in [-0.3, -0.25) is 9.59 Å². The number of piperidine rings is 1. The third-order valence-corrected chi connectivity index (χ3v) is 2.97. The molecule has 1 saturated heterocycles. The van der Waals surface area contributed by atoms with Crippen molar-refractivity contribution in [1.82, 2.24) is 4.90 Å². The minimum Gasteiger partial charge on any atom is -0.469 e. The van der Waals surface area contributed by atoms with Crippen LogP contribution in [0, 0.1) is 5.92 Å². The Morgan fingerprint density at radius 3 is 2.72 bits per heavy atom. The fourth-order valence-electron chi connectivity index (χ4n) is 1.96. The summed E-state index contributed by atoms with van der Waals surface area (Å²) in [7, 11) is 2.95. The Labute approximate surface area is 107 Å². The van der Waals surface area contributed by atoms with Crippen molar-refractivity contribution in [2.75, 3.05) is 47.1 Å².